The van der Waals surface area contributed by atoms with Crippen molar-refractivity contribution in [3.63, 3.8) is 0 Å². The van der Waals surface area contributed by atoms with Crippen LogP contribution in [0, 0.1) is 11.8 Å². The molecule has 4 aromatic rings. The van der Waals surface area contributed by atoms with E-state index < -0.39 is 0 Å². The van der Waals surface area contributed by atoms with Gasteiger partial charge < -0.3 is 9.47 Å². The third-order valence-corrected chi connectivity index (χ3v) is 6.17. The highest BCUT2D eigenvalue weighted by Crippen LogP contribution is 2.38. The van der Waals surface area contributed by atoms with Gasteiger partial charge in [0.25, 0.3) is 0 Å². The smallest absolute Gasteiger partial charge is 0.150 e. The van der Waals surface area contributed by atoms with Crippen LogP contribution in [0.1, 0.15) is 20.3 Å². The van der Waals surface area contributed by atoms with Gasteiger partial charge in [0.05, 0.1) is 5.39 Å². The number of rotatable bonds is 3. The molecule has 0 aliphatic carbocycles. The number of hydrogen-bond donors (Lipinski definition) is 0. The summed E-state index contributed by atoms with van der Waals surface area (Å²) >= 11 is 6.13. The fourth-order valence-corrected chi connectivity index (χ4v) is 4.88. The van der Waals surface area contributed by atoms with Crippen LogP contribution in [0.2, 0.25) is 5.02 Å². The molecule has 0 saturated carbocycles. The number of piperidine rings is 1. The maximum Gasteiger partial charge on any atom is 0.150 e. The predicted octanol–water partition coefficient (Wildman–Crippen LogP) is 6.22. The number of fused-ring (bicyclic) bond motifs is 1. The number of hydrogen-bond acceptors (Lipinski definition) is 3. The van der Waals surface area contributed by atoms with Crippen molar-refractivity contribution in [1.29, 1.82) is 0 Å². The third-order valence-electron chi connectivity index (χ3n) is 5.92. The zero-order valence-corrected chi connectivity index (χ0v) is 18.0. The van der Waals surface area contributed by atoms with Crippen molar-refractivity contribution >= 4 is 28.5 Å². The van der Waals surface area contributed by atoms with Gasteiger partial charge >= 0.3 is 0 Å². The van der Waals surface area contributed by atoms with Gasteiger partial charge in [-0.25, -0.2) is 9.97 Å². The van der Waals surface area contributed by atoms with Crippen LogP contribution >= 0.6 is 11.6 Å². The molecule has 2 atom stereocenters. The molecule has 152 valence electrons. The molecule has 0 radical (unpaired) electrons. The number of aromatic nitrogens is 3. The lowest BCUT2D eigenvalue weighted by atomic mass is 9.91. The van der Waals surface area contributed by atoms with E-state index in [1.165, 1.54) is 12.0 Å². The molecule has 2 aromatic heterocycles. The average Bonchev–Trinajstić information content (AvgIpc) is 3.14. The summed E-state index contributed by atoms with van der Waals surface area (Å²) in [5, 5.41) is 1.84. The minimum absolute atomic E-state index is 0.650. The van der Waals surface area contributed by atoms with Gasteiger partial charge in [-0.1, -0.05) is 55.8 Å². The van der Waals surface area contributed by atoms with E-state index in [0.717, 1.165) is 46.2 Å². The summed E-state index contributed by atoms with van der Waals surface area (Å²) in [6.45, 7) is 6.71. The van der Waals surface area contributed by atoms with E-state index in [0.29, 0.717) is 11.8 Å². The lowest BCUT2D eigenvalue weighted by Gasteiger charge is -2.36. The first kappa shape index (κ1) is 19.1. The van der Waals surface area contributed by atoms with Gasteiger partial charge in [0.1, 0.15) is 12.1 Å². The quantitative estimate of drug-likeness (QED) is 0.397. The molecule has 1 fully saturated rings. The van der Waals surface area contributed by atoms with Crippen molar-refractivity contribution in [3.8, 4) is 16.8 Å². The number of benzene rings is 2. The van der Waals surface area contributed by atoms with E-state index in [4.69, 9.17) is 21.6 Å². The molecule has 4 nitrogen and oxygen atoms in total. The van der Waals surface area contributed by atoms with Gasteiger partial charge in [0.2, 0.25) is 0 Å². The van der Waals surface area contributed by atoms with Gasteiger partial charge in [-0.05, 0) is 48.1 Å². The van der Waals surface area contributed by atoms with Crippen molar-refractivity contribution in [2.45, 2.75) is 20.3 Å². The molecule has 30 heavy (non-hydrogen) atoms. The Balaban J connectivity index is 1.75. The van der Waals surface area contributed by atoms with Crippen LogP contribution in [-0.4, -0.2) is 27.6 Å². The summed E-state index contributed by atoms with van der Waals surface area (Å²) in [5.74, 6) is 2.33. The van der Waals surface area contributed by atoms with Crippen molar-refractivity contribution in [1.82, 2.24) is 14.5 Å². The lowest BCUT2D eigenvalue weighted by molar-refractivity contribution is 0.356. The maximum atomic E-state index is 6.13. The van der Waals surface area contributed by atoms with Gasteiger partial charge in [-0.2, -0.15) is 0 Å². The summed E-state index contributed by atoms with van der Waals surface area (Å²) in [7, 11) is 0. The molecular formula is C25H25ClN4. The molecule has 0 bridgehead atoms. The second-order valence-electron chi connectivity index (χ2n) is 8.50. The van der Waals surface area contributed by atoms with Crippen LogP contribution in [0.25, 0.3) is 27.8 Å². The summed E-state index contributed by atoms with van der Waals surface area (Å²) < 4.78 is 2.15. The topological polar surface area (TPSA) is 34.0 Å². The standard InChI is InChI=1S/C25H25ClN4/c1-17-12-18(2)14-29(13-17)24-23-22(19-6-4-3-5-7-19)15-30(25(23)28-16-27-24)21-10-8-20(26)9-11-21/h3-11,15-18H,12-14H2,1-2H3/t17-,18-/m0/s1. The Morgan fingerprint density at radius 1 is 0.900 bits per heavy atom. The molecule has 1 aliphatic rings. The SMILES string of the molecule is C[C@H]1C[C@H](C)CN(c2ncnc3c2c(-c2ccccc2)cn3-c2ccc(Cl)cc2)C1. The highest BCUT2D eigenvalue weighted by atomic mass is 35.5. The summed E-state index contributed by atoms with van der Waals surface area (Å²) in [6, 6.07) is 18.4. The Morgan fingerprint density at radius 2 is 1.60 bits per heavy atom. The maximum absolute atomic E-state index is 6.13. The number of halogens is 1. The van der Waals surface area contributed by atoms with Crippen LogP contribution < -0.4 is 4.90 Å². The molecule has 1 aliphatic heterocycles. The van der Waals surface area contributed by atoms with Crippen LogP contribution in [0.15, 0.2) is 67.1 Å². The molecule has 0 N–H and O–H groups in total. The molecule has 0 unspecified atom stereocenters. The summed E-state index contributed by atoms with van der Waals surface area (Å²) in [5.41, 5.74) is 4.29. The average molecular weight is 417 g/mol. The number of anilines is 1. The molecular weight excluding hydrogens is 392 g/mol. The third kappa shape index (κ3) is 3.46. The number of nitrogens with zero attached hydrogens (tertiary/aromatic N) is 4. The zero-order valence-electron chi connectivity index (χ0n) is 17.3. The molecule has 0 spiro atoms. The second kappa shape index (κ2) is 7.77. The van der Waals surface area contributed by atoms with Crippen molar-refractivity contribution < 1.29 is 0 Å². The molecule has 2 aromatic carbocycles. The van der Waals surface area contributed by atoms with E-state index in [-0.39, 0.29) is 0 Å². The highest BCUT2D eigenvalue weighted by Gasteiger charge is 2.26. The first-order valence-electron chi connectivity index (χ1n) is 10.5. The van der Waals surface area contributed by atoms with Gasteiger partial charge in [0.15, 0.2) is 5.65 Å². The largest absolute Gasteiger partial charge is 0.355 e. The Hall–Kier alpha value is -2.85. The van der Waals surface area contributed by atoms with Gasteiger partial charge in [-0.15, -0.1) is 0 Å². The molecule has 5 heteroatoms. The van der Waals surface area contributed by atoms with Crippen molar-refractivity contribution in [2.75, 3.05) is 18.0 Å². The Kier molecular flexibility index (Phi) is 4.95. The first-order valence-corrected chi connectivity index (χ1v) is 10.9. The molecule has 5 rings (SSSR count). The highest BCUT2D eigenvalue weighted by molar-refractivity contribution is 6.30. The zero-order chi connectivity index (χ0) is 20.7. The Labute approximate surface area is 182 Å². The van der Waals surface area contributed by atoms with Crippen LogP contribution in [0.3, 0.4) is 0 Å². The Morgan fingerprint density at radius 3 is 2.30 bits per heavy atom. The van der Waals surface area contributed by atoms with Crippen LogP contribution in [0.4, 0.5) is 5.82 Å². The van der Waals surface area contributed by atoms with Crippen LogP contribution in [-0.2, 0) is 0 Å². The van der Waals surface area contributed by atoms with E-state index in [1.807, 2.05) is 30.3 Å². The monoisotopic (exact) mass is 416 g/mol. The molecule has 1 saturated heterocycles. The fraction of sp³-hybridized carbons (Fsp3) is 0.280. The Bertz CT molecular complexity index is 1160. The fourth-order valence-electron chi connectivity index (χ4n) is 4.76. The predicted molar refractivity (Wildman–Crippen MR) is 124 cm³/mol. The normalized spacial score (nSPS) is 19.4. The van der Waals surface area contributed by atoms with Gasteiger partial charge in [-0.3, -0.25) is 0 Å². The first-order chi connectivity index (χ1) is 14.6. The minimum atomic E-state index is 0.650. The van der Waals surface area contributed by atoms with Gasteiger partial charge in [0, 0.05) is 35.6 Å². The van der Waals surface area contributed by atoms with Crippen molar-refractivity contribution in [2.24, 2.45) is 11.8 Å². The second-order valence-corrected chi connectivity index (χ2v) is 8.94. The molecule has 0 amide bonds. The summed E-state index contributed by atoms with van der Waals surface area (Å²) in [6.07, 6.45) is 5.14. The van der Waals surface area contributed by atoms with Crippen LogP contribution in [0.5, 0.6) is 0 Å². The van der Waals surface area contributed by atoms with E-state index in [2.05, 4.69) is 53.8 Å². The molecule has 3 heterocycles. The summed E-state index contributed by atoms with van der Waals surface area (Å²) in [4.78, 5) is 11.9. The van der Waals surface area contributed by atoms with E-state index in [1.54, 1.807) is 6.33 Å². The van der Waals surface area contributed by atoms with E-state index in [9.17, 15) is 0 Å². The minimum Gasteiger partial charge on any atom is -0.355 e. The van der Waals surface area contributed by atoms with E-state index >= 15 is 0 Å². The lowest BCUT2D eigenvalue weighted by Crippen LogP contribution is -2.39. The van der Waals surface area contributed by atoms with Crippen molar-refractivity contribution in [3.05, 3.63) is 72.1 Å².